The lowest BCUT2D eigenvalue weighted by Crippen LogP contribution is -2.38. The zero-order valence-electron chi connectivity index (χ0n) is 15.3. The molecule has 1 aromatic carbocycles. The number of carbonyl (C=O) groups is 1. The molecule has 5 nitrogen and oxygen atoms in total. The summed E-state index contributed by atoms with van der Waals surface area (Å²) in [5.41, 5.74) is 3.86. The minimum atomic E-state index is 0. The molecule has 0 radical (unpaired) electrons. The fourth-order valence-corrected chi connectivity index (χ4v) is 4.35. The highest BCUT2D eigenvalue weighted by molar-refractivity contribution is 14.1. The summed E-state index contributed by atoms with van der Waals surface area (Å²) in [4.78, 5) is 24.1. The molecule has 0 unspecified atom stereocenters. The highest BCUT2D eigenvalue weighted by Crippen LogP contribution is 2.30. The molecule has 1 saturated heterocycles. The normalized spacial score (nSPS) is 13.9. The molecule has 28 heavy (non-hydrogen) atoms. The van der Waals surface area contributed by atoms with Gasteiger partial charge in [-0.15, -0.1) is 12.4 Å². The molecule has 8 heteroatoms. The Balaban J connectivity index is 0.00000225. The number of halogens is 2. The smallest absolute Gasteiger partial charge is 0.257 e. The van der Waals surface area contributed by atoms with Crippen LogP contribution in [-0.2, 0) is 0 Å². The minimum absolute atomic E-state index is 0. The van der Waals surface area contributed by atoms with E-state index >= 15 is 0 Å². The van der Waals surface area contributed by atoms with Crippen molar-refractivity contribution in [3.63, 3.8) is 0 Å². The Morgan fingerprint density at radius 1 is 1.14 bits per heavy atom. The molecular weight excluding hydrogens is 507 g/mol. The molecule has 1 aliphatic heterocycles. The van der Waals surface area contributed by atoms with E-state index in [0.29, 0.717) is 11.2 Å². The van der Waals surface area contributed by atoms with Gasteiger partial charge in [0.25, 0.3) is 5.91 Å². The van der Waals surface area contributed by atoms with Gasteiger partial charge in [-0.2, -0.15) is 11.8 Å². The molecule has 0 aliphatic carbocycles. The molecule has 1 amide bonds. The van der Waals surface area contributed by atoms with Gasteiger partial charge < -0.3 is 10.2 Å². The van der Waals surface area contributed by atoms with Crippen LogP contribution in [0.3, 0.4) is 0 Å². The van der Waals surface area contributed by atoms with E-state index < -0.39 is 0 Å². The van der Waals surface area contributed by atoms with Crippen LogP contribution in [0.4, 0.5) is 11.4 Å². The summed E-state index contributed by atoms with van der Waals surface area (Å²) >= 11 is 4.17. The van der Waals surface area contributed by atoms with Crippen molar-refractivity contribution in [2.75, 3.05) is 29.9 Å². The lowest BCUT2D eigenvalue weighted by Gasteiger charge is -2.27. The van der Waals surface area contributed by atoms with E-state index in [-0.39, 0.29) is 18.3 Å². The quantitative estimate of drug-likeness (QED) is 0.492. The second-order valence-electron chi connectivity index (χ2n) is 6.41. The van der Waals surface area contributed by atoms with Gasteiger partial charge in [-0.25, -0.2) is 9.97 Å². The predicted molar refractivity (Wildman–Crippen MR) is 127 cm³/mol. The van der Waals surface area contributed by atoms with Gasteiger partial charge in [-0.05, 0) is 65.9 Å². The molecule has 0 saturated carbocycles. The number of pyridine rings is 2. The molecule has 1 N–H and O–H groups in total. The Morgan fingerprint density at radius 2 is 1.86 bits per heavy atom. The summed E-state index contributed by atoms with van der Waals surface area (Å²) in [6.07, 6.45) is 1.66. The van der Waals surface area contributed by atoms with E-state index in [4.69, 9.17) is 0 Å². The summed E-state index contributed by atoms with van der Waals surface area (Å²) in [7, 11) is 0. The lowest BCUT2D eigenvalue weighted by molar-refractivity contribution is 0.0773. The van der Waals surface area contributed by atoms with Crippen molar-refractivity contribution >= 4 is 75.1 Å². The number of hydrogen-bond donors (Lipinski definition) is 1. The average molecular weight is 527 g/mol. The van der Waals surface area contributed by atoms with E-state index in [2.05, 4.69) is 37.9 Å². The highest BCUT2D eigenvalue weighted by atomic mass is 127. The fourth-order valence-electron chi connectivity index (χ4n) is 3.08. The third kappa shape index (κ3) is 4.52. The van der Waals surface area contributed by atoms with Gasteiger partial charge in [0.1, 0.15) is 0 Å². The molecular formula is C20H20ClIN4OS. The fraction of sp³-hybridized carbons (Fsp3) is 0.250. The van der Waals surface area contributed by atoms with Gasteiger partial charge in [-0.3, -0.25) is 4.79 Å². The third-order valence-corrected chi connectivity index (χ3v) is 6.17. The van der Waals surface area contributed by atoms with Crippen molar-refractivity contribution in [1.82, 2.24) is 14.9 Å². The number of benzene rings is 1. The van der Waals surface area contributed by atoms with Crippen LogP contribution in [0.1, 0.15) is 16.1 Å². The zero-order chi connectivity index (χ0) is 18.8. The van der Waals surface area contributed by atoms with E-state index in [9.17, 15) is 4.79 Å². The number of nitrogens with zero attached hydrogens (tertiary/aromatic N) is 3. The number of carbonyl (C=O) groups excluding carboxylic acids is 1. The van der Waals surface area contributed by atoms with Crippen molar-refractivity contribution in [2.24, 2.45) is 0 Å². The van der Waals surface area contributed by atoms with Crippen LogP contribution in [0.5, 0.6) is 0 Å². The standard InChI is InChI=1S/C20H19IN4OS.ClH/c1-13-2-7-16-18(24-15-5-3-14(21)4-6-15)17(12-22-19(16)23-13)20(26)25-8-10-27-11-9-25;/h2-7,12H,8-11H2,1H3,(H,22,23,24);1H. The van der Waals surface area contributed by atoms with Gasteiger partial charge >= 0.3 is 0 Å². The summed E-state index contributed by atoms with van der Waals surface area (Å²) < 4.78 is 1.16. The number of aromatic nitrogens is 2. The number of anilines is 2. The topological polar surface area (TPSA) is 58.1 Å². The molecule has 0 spiro atoms. The highest BCUT2D eigenvalue weighted by Gasteiger charge is 2.23. The molecule has 1 aliphatic rings. The Morgan fingerprint density at radius 3 is 2.57 bits per heavy atom. The van der Waals surface area contributed by atoms with Crippen LogP contribution < -0.4 is 5.32 Å². The number of hydrogen-bond acceptors (Lipinski definition) is 5. The second kappa shape index (κ2) is 9.28. The third-order valence-electron chi connectivity index (χ3n) is 4.51. The van der Waals surface area contributed by atoms with Crippen LogP contribution in [0.15, 0.2) is 42.6 Å². The van der Waals surface area contributed by atoms with Crippen molar-refractivity contribution in [1.29, 1.82) is 0 Å². The number of aryl methyl sites for hydroxylation is 1. The lowest BCUT2D eigenvalue weighted by atomic mass is 10.1. The van der Waals surface area contributed by atoms with Crippen molar-refractivity contribution in [3.8, 4) is 0 Å². The van der Waals surface area contributed by atoms with Gasteiger partial charge in [0.05, 0.1) is 11.3 Å². The first-order chi connectivity index (χ1) is 13.1. The molecule has 4 rings (SSSR count). The number of amides is 1. The largest absolute Gasteiger partial charge is 0.354 e. The van der Waals surface area contributed by atoms with Crippen LogP contribution >= 0.6 is 46.8 Å². The van der Waals surface area contributed by atoms with Crippen LogP contribution in [0, 0.1) is 10.5 Å². The van der Waals surface area contributed by atoms with Gasteiger partial charge in [0, 0.05) is 51.1 Å². The first-order valence-electron chi connectivity index (χ1n) is 8.78. The number of nitrogens with one attached hydrogen (secondary N) is 1. The number of rotatable bonds is 3. The summed E-state index contributed by atoms with van der Waals surface area (Å²) in [5, 5.41) is 4.30. The van der Waals surface area contributed by atoms with Crippen molar-refractivity contribution in [3.05, 3.63) is 57.4 Å². The Kier molecular flexibility index (Phi) is 7.00. The average Bonchev–Trinajstić information content (AvgIpc) is 2.70. The zero-order valence-corrected chi connectivity index (χ0v) is 19.1. The maximum atomic E-state index is 13.2. The van der Waals surface area contributed by atoms with Crippen LogP contribution in [0.25, 0.3) is 11.0 Å². The molecule has 0 atom stereocenters. The Labute approximate surface area is 188 Å². The number of thioether (sulfide) groups is 1. The maximum absolute atomic E-state index is 13.2. The van der Waals surface area contributed by atoms with Gasteiger partial charge in [0.2, 0.25) is 0 Å². The second-order valence-corrected chi connectivity index (χ2v) is 8.88. The summed E-state index contributed by atoms with van der Waals surface area (Å²) in [5.74, 6) is 1.99. The van der Waals surface area contributed by atoms with Crippen LogP contribution in [-0.4, -0.2) is 45.4 Å². The van der Waals surface area contributed by atoms with Crippen molar-refractivity contribution in [2.45, 2.75) is 6.92 Å². The molecule has 3 heterocycles. The summed E-state index contributed by atoms with van der Waals surface area (Å²) in [6.45, 7) is 3.49. The Hall–Kier alpha value is -1.58. The molecule has 0 bridgehead atoms. The van der Waals surface area contributed by atoms with Gasteiger partial charge in [0.15, 0.2) is 5.65 Å². The molecule has 2 aromatic heterocycles. The van der Waals surface area contributed by atoms with Crippen LogP contribution in [0.2, 0.25) is 0 Å². The predicted octanol–water partition coefficient (Wildman–Crippen LogP) is 4.90. The van der Waals surface area contributed by atoms with E-state index in [0.717, 1.165) is 50.6 Å². The monoisotopic (exact) mass is 526 g/mol. The SMILES string of the molecule is Cc1ccc2c(Nc3ccc(I)cc3)c(C(=O)N3CCSCC3)cnc2n1.Cl. The first kappa shape index (κ1) is 21.1. The molecule has 3 aromatic rings. The van der Waals surface area contributed by atoms with E-state index in [1.54, 1.807) is 6.20 Å². The van der Waals surface area contributed by atoms with Crippen molar-refractivity contribution < 1.29 is 4.79 Å². The molecule has 146 valence electrons. The minimum Gasteiger partial charge on any atom is -0.354 e. The van der Waals surface area contributed by atoms with E-state index in [1.807, 2.05) is 60.0 Å². The first-order valence-corrected chi connectivity index (χ1v) is 11.0. The van der Waals surface area contributed by atoms with Gasteiger partial charge in [-0.1, -0.05) is 0 Å². The van der Waals surface area contributed by atoms with E-state index in [1.165, 1.54) is 0 Å². The number of fused-ring (bicyclic) bond motifs is 1. The Bertz CT molecular complexity index is 993. The summed E-state index contributed by atoms with van der Waals surface area (Å²) in [6, 6.07) is 12.1. The molecule has 1 fully saturated rings. The maximum Gasteiger partial charge on any atom is 0.257 e.